The van der Waals surface area contributed by atoms with Crippen molar-refractivity contribution >= 4 is 11.8 Å². The number of para-hydroxylation sites is 1. The summed E-state index contributed by atoms with van der Waals surface area (Å²) in [6.07, 6.45) is 6.42. The van der Waals surface area contributed by atoms with Gasteiger partial charge in [-0.2, -0.15) is 0 Å². The Labute approximate surface area is 168 Å². The molecule has 2 aromatic carbocycles. The summed E-state index contributed by atoms with van der Waals surface area (Å²) in [5, 5.41) is 1.03. The molecular weight excluding hydrogens is 366 g/mol. The molecule has 0 fully saturated rings. The molecule has 0 amide bonds. The SMILES string of the molecule is c1ccc(-c2cnc(CSc3nc4c(n3-c3ccccc3)CCCC4)o2)cc1. The topological polar surface area (TPSA) is 43.9 Å². The van der Waals surface area contributed by atoms with Crippen LogP contribution in [-0.4, -0.2) is 14.5 Å². The number of imidazole rings is 1. The predicted molar refractivity (Wildman–Crippen MR) is 112 cm³/mol. The number of oxazole rings is 1. The highest BCUT2D eigenvalue weighted by Crippen LogP contribution is 2.32. The molecule has 0 N–H and O–H groups in total. The van der Waals surface area contributed by atoms with Crippen molar-refractivity contribution in [2.75, 3.05) is 0 Å². The Morgan fingerprint density at radius 2 is 1.68 bits per heavy atom. The molecule has 1 aliphatic carbocycles. The number of hydrogen-bond donors (Lipinski definition) is 0. The fourth-order valence-electron chi connectivity index (χ4n) is 3.69. The molecule has 0 bridgehead atoms. The number of thioether (sulfide) groups is 1. The highest BCUT2D eigenvalue weighted by atomic mass is 32.2. The van der Waals surface area contributed by atoms with Gasteiger partial charge in [-0.25, -0.2) is 9.97 Å². The average molecular weight is 388 g/mol. The minimum absolute atomic E-state index is 0.662. The number of aryl methyl sites for hydroxylation is 1. The molecule has 0 aliphatic heterocycles. The van der Waals surface area contributed by atoms with Crippen molar-refractivity contribution in [1.82, 2.24) is 14.5 Å². The standard InChI is InChI=1S/C23H21N3OS/c1-3-9-17(10-4-1)21-15-24-22(27-21)16-28-23-25-19-13-7-8-14-20(19)26(23)18-11-5-2-6-12-18/h1-6,9-12,15H,7-8,13-14,16H2. The molecule has 2 aromatic heterocycles. The molecule has 1 aliphatic rings. The molecule has 5 heteroatoms. The number of hydrogen-bond acceptors (Lipinski definition) is 4. The number of nitrogens with zero attached hydrogens (tertiary/aromatic N) is 3. The third-order valence-corrected chi connectivity index (χ3v) is 5.98. The Morgan fingerprint density at radius 1 is 0.929 bits per heavy atom. The van der Waals surface area contributed by atoms with Crippen LogP contribution in [-0.2, 0) is 18.6 Å². The Balaban J connectivity index is 1.42. The zero-order valence-corrected chi connectivity index (χ0v) is 16.4. The number of benzene rings is 2. The summed E-state index contributed by atoms with van der Waals surface area (Å²) in [4.78, 5) is 9.43. The van der Waals surface area contributed by atoms with Gasteiger partial charge in [-0.1, -0.05) is 60.3 Å². The average Bonchev–Trinajstić information content (AvgIpc) is 3.38. The highest BCUT2D eigenvalue weighted by molar-refractivity contribution is 7.98. The Kier molecular flexibility index (Phi) is 4.75. The molecule has 0 saturated heterocycles. The van der Waals surface area contributed by atoms with Crippen LogP contribution in [0.4, 0.5) is 0 Å². The molecule has 140 valence electrons. The van der Waals surface area contributed by atoms with Crippen LogP contribution in [0, 0.1) is 0 Å². The van der Waals surface area contributed by atoms with E-state index in [-0.39, 0.29) is 0 Å². The van der Waals surface area contributed by atoms with Crippen LogP contribution < -0.4 is 0 Å². The summed E-state index contributed by atoms with van der Waals surface area (Å²) in [5.41, 5.74) is 4.83. The van der Waals surface area contributed by atoms with Crippen LogP contribution in [0.15, 0.2) is 76.4 Å². The van der Waals surface area contributed by atoms with Gasteiger partial charge in [-0.15, -0.1) is 0 Å². The van der Waals surface area contributed by atoms with Gasteiger partial charge < -0.3 is 4.42 Å². The van der Waals surface area contributed by atoms with Crippen LogP contribution in [0.25, 0.3) is 17.0 Å². The molecule has 2 heterocycles. The van der Waals surface area contributed by atoms with Crippen molar-refractivity contribution in [3.8, 4) is 17.0 Å². The second-order valence-electron chi connectivity index (χ2n) is 6.94. The van der Waals surface area contributed by atoms with Crippen LogP contribution in [0.2, 0.25) is 0 Å². The van der Waals surface area contributed by atoms with Crippen molar-refractivity contribution in [2.24, 2.45) is 0 Å². The Bertz CT molecular complexity index is 1070. The number of rotatable bonds is 5. The maximum Gasteiger partial charge on any atom is 0.205 e. The van der Waals surface area contributed by atoms with E-state index in [1.54, 1.807) is 18.0 Å². The lowest BCUT2D eigenvalue weighted by Gasteiger charge is -2.15. The molecule has 28 heavy (non-hydrogen) atoms. The minimum atomic E-state index is 0.662. The Hall–Kier alpha value is -2.79. The van der Waals surface area contributed by atoms with Crippen molar-refractivity contribution < 1.29 is 4.42 Å². The summed E-state index contributed by atoms with van der Waals surface area (Å²) >= 11 is 1.69. The molecule has 0 spiro atoms. The van der Waals surface area contributed by atoms with Crippen LogP contribution >= 0.6 is 11.8 Å². The van der Waals surface area contributed by atoms with Gasteiger partial charge >= 0.3 is 0 Å². The van der Waals surface area contributed by atoms with Crippen molar-refractivity contribution in [2.45, 2.75) is 36.6 Å². The van der Waals surface area contributed by atoms with Crippen LogP contribution in [0.1, 0.15) is 30.1 Å². The molecule has 0 radical (unpaired) electrons. The largest absolute Gasteiger partial charge is 0.440 e. The van der Waals surface area contributed by atoms with Gasteiger partial charge in [0, 0.05) is 16.9 Å². The van der Waals surface area contributed by atoms with Gasteiger partial charge in [-0.05, 0) is 37.8 Å². The maximum atomic E-state index is 5.97. The second kappa shape index (κ2) is 7.68. The molecule has 4 aromatic rings. The molecular formula is C23H21N3OS. The van der Waals surface area contributed by atoms with E-state index in [9.17, 15) is 0 Å². The van der Waals surface area contributed by atoms with Crippen molar-refractivity contribution in [3.63, 3.8) is 0 Å². The second-order valence-corrected chi connectivity index (χ2v) is 7.88. The number of aromatic nitrogens is 3. The Morgan fingerprint density at radius 3 is 2.50 bits per heavy atom. The predicted octanol–water partition coefficient (Wildman–Crippen LogP) is 5.70. The van der Waals surface area contributed by atoms with Crippen LogP contribution in [0.5, 0.6) is 0 Å². The molecule has 5 rings (SSSR count). The van der Waals surface area contributed by atoms with E-state index < -0.39 is 0 Å². The normalized spacial score (nSPS) is 13.4. The summed E-state index contributed by atoms with van der Waals surface area (Å²) in [6.45, 7) is 0. The summed E-state index contributed by atoms with van der Waals surface area (Å²) in [7, 11) is 0. The van der Waals surface area contributed by atoms with Crippen molar-refractivity contribution in [1.29, 1.82) is 0 Å². The lowest BCUT2D eigenvalue weighted by atomic mass is 10.0. The van der Waals surface area contributed by atoms with Crippen molar-refractivity contribution in [3.05, 3.63) is 84.1 Å². The lowest BCUT2D eigenvalue weighted by Crippen LogP contribution is -2.07. The smallest absolute Gasteiger partial charge is 0.205 e. The quantitative estimate of drug-likeness (QED) is 0.412. The number of fused-ring (bicyclic) bond motifs is 1. The van der Waals surface area contributed by atoms with Gasteiger partial charge in [0.05, 0.1) is 17.6 Å². The van der Waals surface area contributed by atoms with E-state index in [0.717, 1.165) is 35.2 Å². The summed E-state index contributed by atoms with van der Waals surface area (Å²) < 4.78 is 8.29. The fraction of sp³-hybridized carbons (Fsp3) is 0.217. The molecule has 0 saturated carbocycles. The van der Waals surface area contributed by atoms with E-state index in [2.05, 4.69) is 39.9 Å². The van der Waals surface area contributed by atoms with E-state index in [1.807, 2.05) is 30.3 Å². The van der Waals surface area contributed by atoms with E-state index in [4.69, 9.17) is 9.40 Å². The zero-order chi connectivity index (χ0) is 18.8. The third kappa shape index (κ3) is 3.38. The minimum Gasteiger partial charge on any atom is -0.440 e. The van der Waals surface area contributed by atoms with Crippen LogP contribution in [0.3, 0.4) is 0 Å². The van der Waals surface area contributed by atoms with E-state index >= 15 is 0 Å². The summed E-state index contributed by atoms with van der Waals surface area (Å²) in [5.74, 6) is 2.20. The third-order valence-electron chi connectivity index (χ3n) is 5.05. The maximum absolute atomic E-state index is 5.97. The molecule has 4 nitrogen and oxygen atoms in total. The first kappa shape index (κ1) is 17.3. The first-order valence-corrected chi connectivity index (χ1v) is 10.7. The van der Waals surface area contributed by atoms with Gasteiger partial charge in [-0.3, -0.25) is 4.57 Å². The fourth-order valence-corrected chi connectivity index (χ4v) is 4.60. The molecule has 0 unspecified atom stereocenters. The van der Waals surface area contributed by atoms with E-state index in [0.29, 0.717) is 5.75 Å². The first-order valence-electron chi connectivity index (χ1n) is 9.67. The summed E-state index contributed by atoms with van der Waals surface area (Å²) in [6, 6.07) is 20.6. The lowest BCUT2D eigenvalue weighted by molar-refractivity contribution is 0.529. The van der Waals surface area contributed by atoms with Gasteiger partial charge in [0.1, 0.15) is 0 Å². The zero-order valence-electron chi connectivity index (χ0n) is 15.5. The van der Waals surface area contributed by atoms with E-state index in [1.165, 1.54) is 29.9 Å². The first-order chi connectivity index (χ1) is 13.9. The van der Waals surface area contributed by atoms with Gasteiger partial charge in [0.2, 0.25) is 5.89 Å². The monoisotopic (exact) mass is 387 g/mol. The highest BCUT2D eigenvalue weighted by Gasteiger charge is 2.21. The molecule has 0 atom stereocenters. The van der Waals surface area contributed by atoms with Gasteiger partial charge in [0.15, 0.2) is 10.9 Å². The van der Waals surface area contributed by atoms with Gasteiger partial charge in [0.25, 0.3) is 0 Å².